The molecule has 21 heavy (non-hydrogen) atoms. The van der Waals surface area contributed by atoms with E-state index in [1.54, 1.807) is 0 Å². The fourth-order valence-electron chi connectivity index (χ4n) is 2.44. The molecular formula is C14H13B2NO4. The highest BCUT2D eigenvalue weighted by molar-refractivity contribution is 6.62. The number of fused-ring (bicyclic) bond motifs is 2. The van der Waals surface area contributed by atoms with Gasteiger partial charge in [0.05, 0.1) is 0 Å². The first kappa shape index (κ1) is 12.5. The van der Waals surface area contributed by atoms with Gasteiger partial charge in [0.25, 0.3) is 0 Å². The second-order valence-electron chi connectivity index (χ2n) is 4.81. The van der Waals surface area contributed by atoms with Crippen LogP contribution in [0.4, 0.5) is 0 Å². The molecule has 0 spiro atoms. The zero-order valence-corrected chi connectivity index (χ0v) is 11.6. The Bertz CT molecular complexity index is 563. The molecule has 0 radical (unpaired) electrons. The van der Waals surface area contributed by atoms with Crippen LogP contribution in [0.15, 0.2) is 48.5 Å². The first-order valence-corrected chi connectivity index (χ1v) is 6.95. The molecule has 0 fully saturated rings. The number of hydrogen-bond donors (Lipinski definition) is 0. The molecule has 7 heteroatoms. The van der Waals surface area contributed by atoms with Crippen LogP contribution in [-0.4, -0.2) is 25.8 Å². The first-order valence-electron chi connectivity index (χ1n) is 6.95. The van der Waals surface area contributed by atoms with Crippen molar-refractivity contribution in [1.82, 2.24) is 4.72 Å². The molecule has 0 amide bonds. The summed E-state index contributed by atoms with van der Waals surface area (Å²) in [5.41, 5.74) is 0. The highest BCUT2D eigenvalue weighted by Gasteiger charge is 2.51. The van der Waals surface area contributed by atoms with Gasteiger partial charge in [-0.15, -0.1) is 0 Å². The Balaban J connectivity index is 1.53. The lowest BCUT2D eigenvalue weighted by molar-refractivity contribution is 0.346. The number of benzene rings is 2. The first-order chi connectivity index (χ1) is 10.3. The Morgan fingerprint density at radius 1 is 0.714 bits per heavy atom. The summed E-state index contributed by atoms with van der Waals surface area (Å²) in [7, 11) is -1.10. The van der Waals surface area contributed by atoms with Crippen molar-refractivity contribution >= 4 is 14.5 Å². The van der Waals surface area contributed by atoms with Gasteiger partial charge in [0.15, 0.2) is 0 Å². The SMILES string of the molecule is CCN(B1Oc2ccccc2O1)B1Oc2ccccc2O1. The van der Waals surface area contributed by atoms with Crippen LogP contribution in [0.25, 0.3) is 0 Å². The summed E-state index contributed by atoms with van der Waals surface area (Å²) in [6.07, 6.45) is 0. The van der Waals surface area contributed by atoms with Gasteiger partial charge in [0, 0.05) is 0 Å². The number of rotatable bonds is 3. The molecule has 0 unspecified atom stereocenters. The molecule has 0 saturated carbocycles. The van der Waals surface area contributed by atoms with Crippen molar-refractivity contribution in [2.75, 3.05) is 6.54 Å². The third-order valence-electron chi connectivity index (χ3n) is 3.52. The number of nitrogens with zero attached hydrogens (tertiary/aromatic N) is 1. The summed E-state index contributed by atoms with van der Waals surface area (Å²) in [6, 6.07) is 15.2. The van der Waals surface area contributed by atoms with Crippen LogP contribution in [0.5, 0.6) is 23.0 Å². The summed E-state index contributed by atoms with van der Waals surface area (Å²) in [4.78, 5) is 0. The van der Waals surface area contributed by atoms with E-state index in [-0.39, 0.29) is 0 Å². The van der Waals surface area contributed by atoms with Crippen LogP contribution < -0.4 is 18.6 Å². The predicted octanol–water partition coefficient (Wildman–Crippen LogP) is 2.22. The Hall–Kier alpha value is -2.27. The standard InChI is InChI=1S/C14H13B2NO4/c1-2-17(15-18-11-7-3-4-8-12(11)19-15)16-20-13-9-5-6-10-14(13)21-16/h3-10H,2H2,1H3. The van der Waals surface area contributed by atoms with Crippen LogP contribution in [0.2, 0.25) is 0 Å². The highest BCUT2D eigenvalue weighted by Crippen LogP contribution is 2.36. The molecule has 0 aromatic heterocycles. The molecule has 2 heterocycles. The average molecular weight is 281 g/mol. The van der Waals surface area contributed by atoms with Crippen molar-refractivity contribution < 1.29 is 18.6 Å². The van der Waals surface area contributed by atoms with E-state index in [4.69, 9.17) is 18.6 Å². The number of hydrogen-bond acceptors (Lipinski definition) is 5. The third kappa shape index (κ3) is 2.10. The fourth-order valence-corrected chi connectivity index (χ4v) is 2.44. The topological polar surface area (TPSA) is 40.2 Å². The van der Waals surface area contributed by atoms with Gasteiger partial charge < -0.3 is 18.6 Å². The van der Waals surface area contributed by atoms with Gasteiger partial charge in [-0.1, -0.05) is 31.2 Å². The molecule has 2 aromatic rings. The lowest BCUT2D eigenvalue weighted by Gasteiger charge is -2.21. The van der Waals surface area contributed by atoms with E-state index in [0.717, 1.165) is 23.0 Å². The van der Waals surface area contributed by atoms with Gasteiger partial charge in [-0.25, -0.2) is 4.72 Å². The van der Waals surface area contributed by atoms with Crippen molar-refractivity contribution in [1.29, 1.82) is 0 Å². The summed E-state index contributed by atoms with van der Waals surface area (Å²) in [6.45, 7) is 2.67. The van der Waals surface area contributed by atoms with Gasteiger partial charge in [-0.05, 0) is 30.8 Å². The minimum atomic E-state index is -0.549. The Labute approximate surface area is 123 Å². The van der Waals surface area contributed by atoms with Gasteiger partial charge >= 0.3 is 14.5 Å². The maximum atomic E-state index is 5.81. The lowest BCUT2D eigenvalue weighted by atomic mass is 9.89. The van der Waals surface area contributed by atoms with E-state index in [9.17, 15) is 0 Å². The van der Waals surface area contributed by atoms with Crippen molar-refractivity contribution in [2.24, 2.45) is 0 Å². The molecule has 0 bridgehead atoms. The molecule has 0 saturated heterocycles. The normalized spacial score (nSPS) is 15.0. The van der Waals surface area contributed by atoms with E-state index >= 15 is 0 Å². The molecule has 0 aliphatic carbocycles. The van der Waals surface area contributed by atoms with Crippen LogP contribution in [0.3, 0.4) is 0 Å². The summed E-state index contributed by atoms with van der Waals surface area (Å²) in [5, 5.41) is 0. The van der Waals surface area contributed by atoms with Crippen LogP contribution in [0.1, 0.15) is 6.92 Å². The maximum Gasteiger partial charge on any atom is 0.696 e. The van der Waals surface area contributed by atoms with Gasteiger partial charge in [-0.2, -0.15) is 0 Å². The van der Waals surface area contributed by atoms with Crippen molar-refractivity contribution in [3.8, 4) is 23.0 Å². The van der Waals surface area contributed by atoms with Gasteiger partial charge in [-0.3, -0.25) is 0 Å². The predicted molar refractivity (Wildman–Crippen MR) is 79.3 cm³/mol. The molecule has 0 atom stereocenters. The van der Waals surface area contributed by atoms with E-state index in [0.29, 0.717) is 6.54 Å². The second kappa shape index (κ2) is 4.93. The molecule has 2 aromatic carbocycles. The molecular weight excluding hydrogens is 268 g/mol. The zero-order valence-electron chi connectivity index (χ0n) is 11.6. The van der Waals surface area contributed by atoms with Gasteiger partial charge in [0.2, 0.25) is 0 Å². The zero-order chi connectivity index (χ0) is 14.2. The largest absolute Gasteiger partial charge is 0.696 e. The Morgan fingerprint density at radius 2 is 1.05 bits per heavy atom. The van der Waals surface area contributed by atoms with Crippen LogP contribution in [0, 0.1) is 0 Å². The minimum absolute atomic E-state index is 0.549. The molecule has 5 nitrogen and oxygen atoms in total. The van der Waals surface area contributed by atoms with E-state index < -0.39 is 14.5 Å². The monoisotopic (exact) mass is 281 g/mol. The average Bonchev–Trinajstić information content (AvgIpc) is 3.11. The molecule has 0 N–H and O–H groups in total. The van der Waals surface area contributed by atoms with Crippen molar-refractivity contribution in [3.63, 3.8) is 0 Å². The lowest BCUT2D eigenvalue weighted by Crippen LogP contribution is -2.58. The molecule has 104 valence electrons. The van der Waals surface area contributed by atoms with E-state index in [1.165, 1.54) is 0 Å². The minimum Gasteiger partial charge on any atom is -0.509 e. The molecule has 2 aliphatic heterocycles. The number of para-hydroxylation sites is 4. The van der Waals surface area contributed by atoms with E-state index in [1.807, 2.05) is 60.2 Å². The second-order valence-corrected chi connectivity index (χ2v) is 4.81. The van der Waals surface area contributed by atoms with E-state index in [2.05, 4.69) is 0 Å². The Morgan fingerprint density at radius 3 is 1.33 bits per heavy atom. The smallest absolute Gasteiger partial charge is 0.509 e. The Kier molecular flexibility index (Phi) is 2.93. The van der Waals surface area contributed by atoms with Crippen LogP contribution >= 0.6 is 0 Å². The van der Waals surface area contributed by atoms with Gasteiger partial charge in [0.1, 0.15) is 23.0 Å². The van der Waals surface area contributed by atoms with Crippen molar-refractivity contribution in [3.05, 3.63) is 48.5 Å². The van der Waals surface area contributed by atoms with Crippen molar-refractivity contribution in [2.45, 2.75) is 6.92 Å². The highest BCUT2D eigenvalue weighted by atomic mass is 16.7. The fraction of sp³-hybridized carbons (Fsp3) is 0.143. The summed E-state index contributed by atoms with van der Waals surface area (Å²) >= 11 is 0. The quantitative estimate of drug-likeness (QED) is 0.807. The summed E-state index contributed by atoms with van der Waals surface area (Å²) in [5.74, 6) is 2.93. The summed E-state index contributed by atoms with van der Waals surface area (Å²) < 4.78 is 25.1. The van der Waals surface area contributed by atoms with Crippen LogP contribution in [-0.2, 0) is 0 Å². The molecule has 4 rings (SSSR count). The molecule has 2 aliphatic rings. The maximum absolute atomic E-state index is 5.81. The third-order valence-corrected chi connectivity index (χ3v) is 3.52.